The molecule has 1 fully saturated rings. The highest BCUT2D eigenvalue weighted by Gasteiger charge is 2.39. The molecule has 0 spiro atoms. The van der Waals surface area contributed by atoms with Crippen LogP contribution in [-0.4, -0.2) is 47.7 Å². The van der Waals surface area contributed by atoms with Crippen LogP contribution in [0.15, 0.2) is 24.3 Å². The van der Waals surface area contributed by atoms with Gasteiger partial charge in [0.05, 0.1) is 17.2 Å². The first-order valence-corrected chi connectivity index (χ1v) is 6.90. The summed E-state index contributed by atoms with van der Waals surface area (Å²) in [5.74, 6) is -0.934. The lowest BCUT2D eigenvalue weighted by Gasteiger charge is -2.42. The molecule has 1 atom stereocenters. The highest BCUT2D eigenvalue weighted by Crippen LogP contribution is 2.26. The molecule has 1 unspecified atom stereocenters. The molecule has 1 aromatic rings. The number of aliphatic hydroxyl groups is 1. The molecule has 0 aliphatic carbocycles. The SMILES string of the molecule is CC(N(C)C(=O)c1ccccc1F)C1(O)CCNCC1. The molecule has 1 aromatic carbocycles. The smallest absolute Gasteiger partial charge is 0.256 e. The Bertz CT molecular complexity index is 487. The number of benzene rings is 1. The Morgan fingerprint density at radius 3 is 2.60 bits per heavy atom. The highest BCUT2D eigenvalue weighted by molar-refractivity contribution is 5.94. The number of likely N-dealkylation sites (N-methyl/N-ethyl adjacent to an activating group) is 1. The Morgan fingerprint density at radius 1 is 1.40 bits per heavy atom. The number of piperidine rings is 1. The molecule has 1 aliphatic heterocycles. The fraction of sp³-hybridized carbons (Fsp3) is 0.533. The van der Waals surface area contributed by atoms with Crippen molar-refractivity contribution in [3.8, 4) is 0 Å². The van der Waals surface area contributed by atoms with Gasteiger partial charge in [-0.3, -0.25) is 4.79 Å². The average molecular weight is 280 g/mol. The maximum Gasteiger partial charge on any atom is 0.256 e. The van der Waals surface area contributed by atoms with Gasteiger partial charge < -0.3 is 15.3 Å². The van der Waals surface area contributed by atoms with Gasteiger partial charge >= 0.3 is 0 Å². The monoisotopic (exact) mass is 280 g/mol. The van der Waals surface area contributed by atoms with Gasteiger partial charge in [0.15, 0.2) is 0 Å². The van der Waals surface area contributed by atoms with E-state index in [9.17, 15) is 14.3 Å². The summed E-state index contributed by atoms with van der Waals surface area (Å²) in [6, 6.07) is 5.55. The van der Waals surface area contributed by atoms with Crippen molar-refractivity contribution in [2.45, 2.75) is 31.4 Å². The number of carbonyl (C=O) groups excluding carboxylic acids is 1. The summed E-state index contributed by atoms with van der Waals surface area (Å²) >= 11 is 0. The third-order valence-corrected chi connectivity index (χ3v) is 4.25. The molecule has 1 amide bonds. The predicted octanol–water partition coefficient (Wildman–Crippen LogP) is 1.40. The molecular formula is C15H21FN2O2. The van der Waals surface area contributed by atoms with E-state index in [1.165, 1.54) is 17.0 Å². The van der Waals surface area contributed by atoms with Gasteiger partial charge in [0.25, 0.3) is 5.91 Å². The van der Waals surface area contributed by atoms with Crippen molar-refractivity contribution in [2.24, 2.45) is 0 Å². The van der Waals surface area contributed by atoms with E-state index >= 15 is 0 Å². The van der Waals surface area contributed by atoms with Gasteiger partial charge in [-0.05, 0) is 45.0 Å². The molecule has 1 aliphatic rings. The van der Waals surface area contributed by atoms with E-state index in [1.807, 2.05) is 6.92 Å². The fourth-order valence-corrected chi connectivity index (χ4v) is 2.64. The lowest BCUT2D eigenvalue weighted by molar-refractivity contribution is -0.0482. The molecule has 0 radical (unpaired) electrons. The number of nitrogens with one attached hydrogen (secondary N) is 1. The molecule has 0 aromatic heterocycles. The van der Waals surface area contributed by atoms with E-state index < -0.39 is 17.3 Å². The van der Waals surface area contributed by atoms with Crippen molar-refractivity contribution in [1.82, 2.24) is 10.2 Å². The first-order valence-electron chi connectivity index (χ1n) is 6.90. The molecule has 2 N–H and O–H groups in total. The van der Waals surface area contributed by atoms with E-state index in [0.29, 0.717) is 12.8 Å². The minimum atomic E-state index is -0.916. The zero-order valence-electron chi connectivity index (χ0n) is 11.9. The second-order valence-corrected chi connectivity index (χ2v) is 5.43. The van der Waals surface area contributed by atoms with Gasteiger partial charge in [-0.2, -0.15) is 0 Å². The number of amides is 1. The summed E-state index contributed by atoms with van der Waals surface area (Å²) in [6.07, 6.45) is 1.17. The maximum atomic E-state index is 13.7. The van der Waals surface area contributed by atoms with Crippen LogP contribution in [0.3, 0.4) is 0 Å². The van der Waals surface area contributed by atoms with Gasteiger partial charge in [-0.25, -0.2) is 4.39 Å². The first-order chi connectivity index (χ1) is 9.46. The Morgan fingerprint density at radius 2 is 2.00 bits per heavy atom. The number of hydrogen-bond acceptors (Lipinski definition) is 3. The molecule has 2 rings (SSSR count). The number of rotatable bonds is 3. The summed E-state index contributed by atoms with van der Waals surface area (Å²) in [7, 11) is 1.61. The first kappa shape index (κ1) is 14.9. The number of hydrogen-bond donors (Lipinski definition) is 2. The molecule has 20 heavy (non-hydrogen) atoms. The topological polar surface area (TPSA) is 52.6 Å². The van der Waals surface area contributed by atoms with Crippen molar-refractivity contribution in [3.05, 3.63) is 35.6 Å². The largest absolute Gasteiger partial charge is 0.388 e. The van der Waals surface area contributed by atoms with Gasteiger partial charge in [0.2, 0.25) is 0 Å². The van der Waals surface area contributed by atoms with Crippen LogP contribution in [0, 0.1) is 5.82 Å². The van der Waals surface area contributed by atoms with Gasteiger partial charge in [-0.1, -0.05) is 12.1 Å². The molecule has 0 bridgehead atoms. The van der Waals surface area contributed by atoms with Crippen molar-refractivity contribution in [2.75, 3.05) is 20.1 Å². The average Bonchev–Trinajstić information content (AvgIpc) is 2.46. The van der Waals surface area contributed by atoms with E-state index in [1.54, 1.807) is 19.2 Å². The van der Waals surface area contributed by atoms with Crippen LogP contribution < -0.4 is 5.32 Å². The minimum Gasteiger partial charge on any atom is -0.388 e. The van der Waals surface area contributed by atoms with Gasteiger partial charge in [0.1, 0.15) is 5.82 Å². The lowest BCUT2D eigenvalue weighted by Crippen LogP contribution is -2.56. The van der Waals surface area contributed by atoms with Crippen LogP contribution in [0.25, 0.3) is 0 Å². The van der Waals surface area contributed by atoms with Crippen LogP contribution in [-0.2, 0) is 0 Å². The molecule has 1 saturated heterocycles. The second kappa shape index (κ2) is 5.89. The Kier molecular flexibility index (Phi) is 4.40. The Balaban J connectivity index is 2.16. The molecular weight excluding hydrogens is 259 g/mol. The van der Waals surface area contributed by atoms with Crippen LogP contribution >= 0.6 is 0 Å². The zero-order chi connectivity index (χ0) is 14.8. The highest BCUT2D eigenvalue weighted by atomic mass is 19.1. The minimum absolute atomic E-state index is 0.0411. The van der Waals surface area contributed by atoms with Crippen molar-refractivity contribution in [3.63, 3.8) is 0 Å². The van der Waals surface area contributed by atoms with E-state index in [2.05, 4.69) is 5.32 Å². The standard InChI is InChI=1S/C15H21FN2O2/c1-11(15(20)7-9-17-10-8-15)18(2)14(19)12-5-3-4-6-13(12)16/h3-6,11,17,20H,7-10H2,1-2H3. The van der Waals surface area contributed by atoms with Crippen molar-refractivity contribution >= 4 is 5.91 Å². The van der Waals surface area contributed by atoms with Crippen LogP contribution in [0.4, 0.5) is 4.39 Å². The molecule has 1 heterocycles. The fourth-order valence-electron chi connectivity index (χ4n) is 2.64. The Labute approximate surface area is 118 Å². The third-order valence-electron chi connectivity index (χ3n) is 4.25. The Hall–Kier alpha value is -1.46. The number of nitrogens with zero attached hydrogens (tertiary/aromatic N) is 1. The summed E-state index contributed by atoms with van der Waals surface area (Å²) in [6.45, 7) is 3.26. The van der Waals surface area contributed by atoms with Crippen molar-refractivity contribution < 1.29 is 14.3 Å². The summed E-state index contributed by atoms with van der Waals surface area (Å²) in [5, 5.41) is 13.8. The second-order valence-electron chi connectivity index (χ2n) is 5.43. The van der Waals surface area contributed by atoms with Gasteiger partial charge in [0, 0.05) is 7.05 Å². The molecule has 110 valence electrons. The van der Waals surface area contributed by atoms with Crippen LogP contribution in [0.5, 0.6) is 0 Å². The van der Waals surface area contributed by atoms with Crippen LogP contribution in [0.2, 0.25) is 0 Å². The normalized spacial score (nSPS) is 19.4. The predicted molar refractivity (Wildman–Crippen MR) is 75.0 cm³/mol. The number of carbonyl (C=O) groups is 1. The molecule has 0 saturated carbocycles. The summed E-state index contributed by atoms with van der Waals surface area (Å²) in [4.78, 5) is 13.8. The quantitative estimate of drug-likeness (QED) is 0.880. The van der Waals surface area contributed by atoms with E-state index in [-0.39, 0.29) is 11.6 Å². The summed E-state index contributed by atoms with van der Waals surface area (Å²) < 4.78 is 13.7. The molecule has 5 heteroatoms. The van der Waals surface area contributed by atoms with E-state index in [0.717, 1.165) is 13.1 Å². The maximum absolute atomic E-state index is 13.7. The van der Waals surface area contributed by atoms with Crippen molar-refractivity contribution in [1.29, 1.82) is 0 Å². The van der Waals surface area contributed by atoms with Gasteiger partial charge in [-0.15, -0.1) is 0 Å². The summed E-state index contributed by atoms with van der Waals surface area (Å²) in [5.41, 5.74) is -0.875. The lowest BCUT2D eigenvalue weighted by atomic mass is 9.85. The zero-order valence-corrected chi connectivity index (χ0v) is 11.9. The van der Waals surface area contributed by atoms with Crippen LogP contribution in [0.1, 0.15) is 30.1 Å². The number of halogens is 1. The van der Waals surface area contributed by atoms with E-state index in [4.69, 9.17) is 0 Å². The molecule has 4 nitrogen and oxygen atoms in total. The third kappa shape index (κ3) is 2.83.